The van der Waals surface area contributed by atoms with Crippen LogP contribution in [0.2, 0.25) is 0 Å². The van der Waals surface area contributed by atoms with Gasteiger partial charge in [0.05, 0.1) is 4.92 Å². The zero-order valence-corrected chi connectivity index (χ0v) is 8.26. The van der Waals surface area contributed by atoms with E-state index in [4.69, 9.17) is 5.11 Å². The van der Waals surface area contributed by atoms with Crippen molar-refractivity contribution in [2.24, 2.45) is 0 Å². The Bertz CT molecular complexity index is 529. The van der Waals surface area contributed by atoms with E-state index in [1.165, 1.54) is 19.2 Å². The molecule has 0 unspecified atom stereocenters. The molecule has 16 heavy (non-hydrogen) atoms. The van der Waals surface area contributed by atoms with Crippen LogP contribution in [-0.4, -0.2) is 21.0 Å². The van der Waals surface area contributed by atoms with Crippen LogP contribution >= 0.6 is 0 Å². The molecule has 0 aliphatic carbocycles. The number of nitrogens with zero attached hydrogens (tertiary/aromatic N) is 1. The van der Waals surface area contributed by atoms with Crippen molar-refractivity contribution in [1.82, 2.24) is 4.98 Å². The van der Waals surface area contributed by atoms with Crippen molar-refractivity contribution in [2.75, 3.05) is 0 Å². The van der Waals surface area contributed by atoms with Crippen LogP contribution in [0.4, 0.5) is 5.69 Å². The number of aromatic amines is 1. The van der Waals surface area contributed by atoms with Gasteiger partial charge in [-0.3, -0.25) is 14.9 Å². The number of carboxylic acid groups (broad SMARTS) is 1. The monoisotopic (exact) mass is 224 g/mol. The lowest BCUT2D eigenvalue weighted by atomic mass is 10.1. The van der Waals surface area contributed by atoms with Crippen LogP contribution in [0.15, 0.2) is 17.1 Å². The van der Waals surface area contributed by atoms with E-state index < -0.39 is 22.1 Å². The zero-order chi connectivity index (χ0) is 12.3. The largest absolute Gasteiger partial charge is 0.478 e. The van der Waals surface area contributed by atoms with Crippen LogP contribution in [0.3, 0.4) is 0 Å². The number of carbonyl (C=O) groups is 1. The van der Waals surface area contributed by atoms with Crippen molar-refractivity contribution in [1.29, 1.82) is 0 Å². The first-order valence-electron chi connectivity index (χ1n) is 4.21. The molecule has 2 N–H and O–H groups in total. The lowest BCUT2D eigenvalue weighted by Gasteiger charge is -1.99. The zero-order valence-electron chi connectivity index (χ0n) is 8.26. The second-order valence-electron chi connectivity index (χ2n) is 2.98. The van der Waals surface area contributed by atoms with E-state index in [2.05, 4.69) is 4.98 Å². The molecular weight excluding hydrogens is 216 g/mol. The Morgan fingerprint density at radius 3 is 2.75 bits per heavy atom. The molecule has 0 aromatic carbocycles. The maximum absolute atomic E-state index is 11.1. The molecule has 0 aliphatic heterocycles. The van der Waals surface area contributed by atoms with Crippen LogP contribution in [0, 0.1) is 17.0 Å². The molecule has 0 fully saturated rings. The highest BCUT2D eigenvalue weighted by Crippen LogP contribution is 2.16. The number of hydrogen-bond acceptors (Lipinski definition) is 4. The number of H-pyrrole nitrogens is 1. The van der Waals surface area contributed by atoms with Gasteiger partial charge in [0, 0.05) is 23.4 Å². The van der Waals surface area contributed by atoms with Gasteiger partial charge in [-0.15, -0.1) is 0 Å². The van der Waals surface area contributed by atoms with Crippen molar-refractivity contribution in [3.05, 3.63) is 43.9 Å². The minimum atomic E-state index is -1.17. The van der Waals surface area contributed by atoms with Gasteiger partial charge in [0.15, 0.2) is 0 Å². The fraction of sp³-hybridized carbons (Fsp3) is 0.111. The summed E-state index contributed by atoms with van der Waals surface area (Å²) in [7, 11) is 0. The third-order valence-electron chi connectivity index (χ3n) is 1.95. The Kier molecular flexibility index (Phi) is 3.19. The first-order valence-corrected chi connectivity index (χ1v) is 4.21. The van der Waals surface area contributed by atoms with Gasteiger partial charge < -0.3 is 10.1 Å². The summed E-state index contributed by atoms with van der Waals surface area (Å²) in [5.41, 5.74) is -0.970. The van der Waals surface area contributed by atoms with Crippen molar-refractivity contribution in [3.63, 3.8) is 0 Å². The molecule has 1 rings (SSSR count). The van der Waals surface area contributed by atoms with Gasteiger partial charge in [0.1, 0.15) is 0 Å². The number of nitro groups is 1. The molecule has 0 amide bonds. The van der Waals surface area contributed by atoms with E-state index in [9.17, 15) is 19.7 Å². The van der Waals surface area contributed by atoms with Crippen molar-refractivity contribution < 1.29 is 14.8 Å². The second kappa shape index (κ2) is 4.39. The number of rotatable bonds is 3. The number of aliphatic carboxylic acids is 1. The van der Waals surface area contributed by atoms with Crippen molar-refractivity contribution >= 4 is 17.7 Å². The molecule has 1 heterocycles. The minimum absolute atomic E-state index is 0.131. The third kappa shape index (κ3) is 2.32. The standard InChI is InChI=1S/C9H8N2O5/c1-5-6(2-3-7(12)13)4-10-9(14)8(5)11(15)16/h2-4H,1H3,(H,10,14)(H,12,13). The van der Waals surface area contributed by atoms with E-state index in [0.29, 0.717) is 0 Å². The van der Waals surface area contributed by atoms with Crippen LogP contribution in [0.5, 0.6) is 0 Å². The average Bonchev–Trinajstić information content (AvgIpc) is 2.15. The maximum Gasteiger partial charge on any atom is 0.337 e. The Hall–Kier alpha value is -2.44. The number of pyridine rings is 1. The fourth-order valence-electron chi connectivity index (χ4n) is 1.18. The van der Waals surface area contributed by atoms with E-state index in [1.807, 2.05) is 0 Å². The molecule has 1 aromatic rings. The highest BCUT2D eigenvalue weighted by molar-refractivity contribution is 5.85. The van der Waals surface area contributed by atoms with Crippen molar-refractivity contribution in [3.8, 4) is 0 Å². The smallest absolute Gasteiger partial charge is 0.337 e. The van der Waals surface area contributed by atoms with Gasteiger partial charge in [0.2, 0.25) is 0 Å². The molecule has 0 radical (unpaired) electrons. The average molecular weight is 224 g/mol. The van der Waals surface area contributed by atoms with Gasteiger partial charge in [0.25, 0.3) is 0 Å². The molecule has 7 nitrogen and oxygen atoms in total. The lowest BCUT2D eigenvalue weighted by molar-refractivity contribution is -0.386. The molecule has 0 aliphatic rings. The first-order chi connectivity index (χ1) is 7.43. The van der Waals surface area contributed by atoms with E-state index in [1.54, 1.807) is 0 Å². The summed E-state index contributed by atoms with van der Waals surface area (Å²) in [5.74, 6) is -1.17. The predicted molar refractivity (Wildman–Crippen MR) is 55.1 cm³/mol. The minimum Gasteiger partial charge on any atom is -0.478 e. The van der Waals surface area contributed by atoms with E-state index >= 15 is 0 Å². The van der Waals surface area contributed by atoms with Gasteiger partial charge >= 0.3 is 17.2 Å². The van der Waals surface area contributed by atoms with Gasteiger partial charge in [-0.2, -0.15) is 0 Å². The number of aromatic nitrogens is 1. The molecule has 0 bridgehead atoms. The van der Waals surface area contributed by atoms with Gasteiger partial charge in [-0.05, 0) is 13.0 Å². The molecule has 1 aromatic heterocycles. The summed E-state index contributed by atoms with van der Waals surface area (Å²) in [4.78, 5) is 33.4. The highest BCUT2D eigenvalue weighted by Gasteiger charge is 2.18. The summed E-state index contributed by atoms with van der Waals surface area (Å²) in [6.07, 6.45) is 3.25. The number of nitrogens with one attached hydrogen (secondary N) is 1. The summed E-state index contributed by atoms with van der Waals surface area (Å²) in [6, 6.07) is 0. The van der Waals surface area contributed by atoms with Gasteiger partial charge in [-0.25, -0.2) is 4.79 Å². The fourth-order valence-corrected chi connectivity index (χ4v) is 1.18. The molecular formula is C9H8N2O5. The summed E-state index contributed by atoms with van der Waals surface area (Å²) in [5, 5.41) is 19.0. The molecule has 0 saturated carbocycles. The van der Waals surface area contributed by atoms with Crippen LogP contribution in [0.1, 0.15) is 11.1 Å². The van der Waals surface area contributed by atoms with Crippen LogP contribution in [0.25, 0.3) is 6.08 Å². The normalized spacial score (nSPS) is 10.6. The van der Waals surface area contributed by atoms with E-state index in [0.717, 1.165) is 6.08 Å². The Balaban J connectivity index is 3.35. The Morgan fingerprint density at radius 2 is 2.25 bits per heavy atom. The molecule has 7 heteroatoms. The van der Waals surface area contributed by atoms with Crippen molar-refractivity contribution in [2.45, 2.75) is 6.92 Å². The lowest BCUT2D eigenvalue weighted by Crippen LogP contribution is -2.13. The third-order valence-corrected chi connectivity index (χ3v) is 1.95. The Morgan fingerprint density at radius 1 is 1.62 bits per heavy atom. The SMILES string of the molecule is Cc1c(C=CC(=O)O)c[nH]c(=O)c1[N+](=O)[O-]. The number of hydrogen-bond donors (Lipinski definition) is 2. The predicted octanol–water partition coefficient (Wildman–Crippen LogP) is 0.689. The Labute approximate surface area is 89.2 Å². The molecule has 0 atom stereocenters. The summed E-state index contributed by atoms with van der Waals surface area (Å²) in [6.45, 7) is 1.38. The molecule has 84 valence electrons. The topological polar surface area (TPSA) is 113 Å². The first kappa shape index (κ1) is 11.6. The molecule has 0 spiro atoms. The van der Waals surface area contributed by atoms with Crippen LogP contribution in [-0.2, 0) is 4.79 Å². The molecule has 0 saturated heterocycles. The number of carboxylic acids is 1. The summed E-state index contributed by atoms with van der Waals surface area (Å²) >= 11 is 0. The quantitative estimate of drug-likeness (QED) is 0.445. The summed E-state index contributed by atoms with van der Waals surface area (Å²) < 4.78 is 0. The van der Waals surface area contributed by atoms with Crippen LogP contribution < -0.4 is 5.56 Å². The maximum atomic E-state index is 11.1. The van der Waals surface area contributed by atoms with Gasteiger partial charge in [-0.1, -0.05) is 0 Å². The van der Waals surface area contributed by atoms with E-state index in [-0.39, 0.29) is 11.1 Å². The highest BCUT2D eigenvalue weighted by atomic mass is 16.6. The second-order valence-corrected chi connectivity index (χ2v) is 2.98.